The standard InChI is InChI=1S/C49H52S24/c1-7-9-11-13-23-54-38-40(60-30(58-38)26-15-19-28(20-16-26)32-62-42-43(63-32)71-48(70-42)46-66-34(50-3)35(51-4)67-46)56-25-57-41-39(55-24-14-12-10-8-2)59-31(61-41)27-17-21-29(22-18-27)33-64-44-45(65-33)73-49(72-44)47-68-36(52-5)37(53-6)69-47/h15,17,19,21H,7-14,16,18,20,22-25H2,1-6H3/b30-26-,31-27+. The van der Waals surface area contributed by atoms with Crippen LogP contribution < -0.4 is 0 Å². The summed E-state index contributed by atoms with van der Waals surface area (Å²) in [4.78, 5) is 0. The minimum Gasteiger partial charge on any atom is -0.121 e. The van der Waals surface area contributed by atoms with Crippen LogP contribution in [0.5, 0.6) is 0 Å². The molecule has 0 bridgehead atoms. The van der Waals surface area contributed by atoms with Gasteiger partial charge >= 0.3 is 0 Å². The number of allylic oxidation sites excluding steroid dienone is 8. The highest BCUT2D eigenvalue weighted by molar-refractivity contribution is 8.51. The largest absolute Gasteiger partial charge is 0.121 e. The molecule has 0 aromatic heterocycles. The van der Waals surface area contributed by atoms with Crippen LogP contribution >= 0.6 is 282 Å². The summed E-state index contributed by atoms with van der Waals surface area (Å²) in [5, 5.41) is 1.06. The maximum atomic E-state index is 2.47. The quantitative estimate of drug-likeness (QED) is 0.0838. The molecule has 0 unspecified atom stereocenters. The van der Waals surface area contributed by atoms with Gasteiger partial charge < -0.3 is 0 Å². The average Bonchev–Trinajstić information content (AvgIpc) is 4.28. The summed E-state index contributed by atoms with van der Waals surface area (Å²) in [6, 6.07) is 0. The van der Waals surface area contributed by atoms with Gasteiger partial charge in [-0.15, -0.1) is 94.1 Å². The molecule has 0 aromatic carbocycles. The van der Waals surface area contributed by atoms with Gasteiger partial charge in [0.1, 0.15) is 0 Å². The maximum Gasteiger partial charge on any atom is 0.0718 e. The highest BCUT2D eigenvalue weighted by Crippen LogP contribution is 2.73. The summed E-state index contributed by atoms with van der Waals surface area (Å²) >= 11 is 48.4. The molecule has 10 rings (SSSR count). The number of hydrogen-bond donors (Lipinski definition) is 0. The van der Waals surface area contributed by atoms with E-state index in [2.05, 4.69) is 157 Å². The lowest BCUT2D eigenvalue weighted by atomic mass is 10.00. The number of thioether (sulfide) groups is 24. The van der Waals surface area contributed by atoms with E-state index in [1.54, 1.807) is 8.47 Å². The van der Waals surface area contributed by atoms with Gasteiger partial charge in [-0.05, 0) is 97.3 Å². The van der Waals surface area contributed by atoms with Crippen LogP contribution in [0.25, 0.3) is 0 Å². The van der Waals surface area contributed by atoms with Gasteiger partial charge in [0.2, 0.25) is 0 Å². The second-order valence-electron chi connectivity index (χ2n) is 16.2. The SMILES string of the molecule is CCCCCCSC1=C(SCSC2=C(SCCCCCC)S/C(=C3\C=CC(=C4SC5=C(S4)SC(=C4SC(SC)=C(SC)S4)S5)CC3)S2)S/C(=C2\C=CC(=C3SC4=C(S3)SC(=C3SC(SC)=C(SC)S3)S4)CC2)S1. The second kappa shape index (κ2) is 30.7. The first-order chi connectivity index (χ1) is 35.8. The molecule has 392 valence electrons. The van der Waals surface area contributed by atoms with Gasteiger partial charge in [0.15, 0.2) is 0 Å². The predicted octanol–water partition coefficient (Wildman–Crippen LogP) is 26.9. The van der Waals surface area contributed by atoms with Crippen molar-refractivity contribution < 1.29 is 0 Å². The van der Waals surface area contributed by atoms with Crippen molar-refractivity contribution in [3.63, 3.8) is 0 Å². The lowest BCUT2D eigenvalue weighted by Crippen LogP contribution is -1.93. The minimum atomic E-state index is 1.06. The van der Waals surface area contributed by atoms with Crippen LogP contribution in [0.3, 0.4) is 0 Å². The Kier molecular flexibility index (Phi) is 25.6. The van der Waals surface area contributed by atoms with Crippen LogP contribution in [0.2, 0.25) is 0 Å². The van der Waals surface area contributed by atoms with Crippen molar-refractivity contribution in [2.45, 2.75) is 90.9 Å². The normalized spacial score (nSPS) is 24.6. The average molecular weight is 1410 g/mol. The van der Waals surface area contributed by atoms with Crippen molar-refractivity contribution in [3.8, 4) is 0 Å². The van der Waals surface area contributed by atoms with Gasteiger partial charge in [-0.2, -0.15) is 0 Å². The summed E-state index contributed by atoms with van der Waals surface area (Å²) < 4.78 is 30.0. The Morgan fingerprint density at radius 3 is 0.808 bits per heavy atom. The highest BCUT2D eigenvalue weighted by Gasteiger charge is 2.38. The van der Waals surface area contributed by atoms with E-state index < -0.39 is 0 Å². The molecule has 0 amide bonds. The third-order valence-electron chi connectivity index (χ3n) is 11.2. The first kappa shape index (κ1) is 60.9. The summed E-state index contributed by atoms with van der Waals surface area (Å²) in [6.45, 7) is 4.64. The smallest absolute Gasteiger partial charge is 0.0718 e. The van der Waals surface area contributed by atoms with Crippen molar-refractivity contribution in [2.24, 2.45) is 0 Å². The molecule has 0 radical (unpaired) electrons. The van der Waals surface area contributed by atoms with Crippen molar-refractivity contribution in [1.29, 1.82) is 0 Å². The van der Waals surface area contributed by atoms with E-state index in [0.29, 0.717) is 0 Å². The van der Waals surface area contributed by atoms with E-state index in [-0.39, 0.29) is 0 Å². The van der Waals surface area contributed by atoms with Crippen molar-refractivity contribution in [2.75, 3.05) is 41.6 Å². The molecule has 0 saturated heterocycles. The molecule has 8 heterocycles. The Morgan fingerprint density at radius 2 is 0.534 bits per heavy atom. The van der Waals surface area contributed by atoms with Crippen LogP contribution in [0.1, 0.15) is 90.9 Å². The van der Waals surface area contributed by atoms with Gasteiger partial charge in [-0.3, -0.25) is 0 Å². The molecule has 0 N–H and O–H groups in total. The van der Waals surface area contributed by atoms with Gasteiger partial charge in [0, 0.05) is 5.08 Å². The molecule has 0 aromatic rings. The number of unbranched alkanes of at least 4 members (excludes halogenated alkanes) is 6. The van der Waals surface area contributed by atoms with Crippen molar-refractivity contribution in [1.82, 2.24) is 0 Å². The van der Waals surface area contributed by atoms with Crippen LogP contribution in [0.4, 0.5) is 0 Å². The van der Waals surface area contributed by atoms with Gasteiger partial charge in [0.05, 0.1) is 84.7 Å². The van der Waals surface area contributed by atoms with Crippen LogP contribution in [0, 0.1) is 0 Å². The summed E-state index contributed by atoms with van der Waals surface area (Å²) in [5.41, 5.74) is 6.13. The first-order valence-electron chi connectivity index (χ1n) is 23.6. The predicted molar refractivity (Wildman–Crippen MR) is 390 cm³/mol. The highest BCUT2D eigenvalue weighted by atomic mass is 32.3. The third kappa shape index (κ3) is 15.8. The monoisotopic (exact) mass is 1410 g/mol. The molecule has 2 aliphatic carbocycles. The lowest BCUT2D eigenvalue weighted by Gasteiger charge is -2.16. The molecule has 10 aliphatic rings. The molecule has 0 saturated carbocycles. The zero-order chi connectivity index (χ0) is 50.3. The van der Waals surface area contributed by atoms with Gasteiger partial charge in [0.25, 0.3) is 0 Å². The van der Waals surface area contributed by atoms with Crippen LogP contribution in [-0.2, 0) is 0 Å². The Labute approximate surface area is 537 Å². The molecule has 73 heavy (non-hydrogen) atoms. The van der Waals surface area contributed by atoms with E-state index in [0.717, 1.165) is 30.8 Å². The van der Waals surface area contributed by atoms with E-state index in [1.165, 1.54) is 161 Å². The number of hydrogen-bond acceptors (Lipinski definition) is 24. The summed E-state index contributed by atoms with van der Waals surface area (Å²) in [7, 11) is 0. The van der Waals surface area contributed by atoms with Gasteiger partial charge in [-0.25, -0.2) is 0 Å². The third-order valence-corrected chi connectivity index (χ3v) is 45.8. The zero-order valence-electron chi connectivity index (χ0n) is 40.7. The topological polar surface area (TPSA) is 0 Å². The maximum absolute atomic E-state index is 2.47. The second-order valence-corrected chi connectivity index (χ2v) is 45.5. The zero-order valence-corrected chi connectivity index (χ0v) is 60.3. The fourth-order valence-electron chi connectivity index (χ4n) is 7.45. The van der Waals surface area contributed by atoms with Crippen molar-refractivity contribution >= 4 is 282 Å². The minimum absolute atomic E-state index is 1.06. The lowest BCUT2D eigenvalue weighted by molar-refractivity contribution is 0.707. The van der Waals surface area contributed by atoms with E-state index in [4.69, 9.17) is 0 Å². The molecular weight excluding hydrogens is 1360 g/mol. The molecule has 0 nitrogen and oxygen atoms in total. The fourth-order valence-corrected chi connectivity index (χ4v) is 43.4. The van der Waals surface area contributed by atoms with Gasteiger partial charge in [-0.1, -0.05) is 265 Å². The Balaban J connectivity index is 0.761. The van der Waals surface area contributed by atoms with Crippen LogP contribution in [-0.4, -0.2) is 41.6 Å². The first-order valence-corrected chi connectivity index (χ1v) is 45.5. The molecule has 0 atom stereocenters. The van der Waals surface area contributed by atoms with Crippen LogP contribution in [0.15, 0.2) is 131 Å². The van der Waals surface area contributed by atoms with E-state index in [1.807, 2.05) is 188 Å². The van der Waals surface area contributed by atoms with Crippen molar-refractivity contribution in [3.05, 3.63) is 131 Å². The molecular formula is C49H52S24. The Morgan fingerprint density at radius 1 is 0.288 bits per heavy atom. The number of rotatable bonds is 20. The van der Waals surface area contributed by atoms with E-state index in [9.17, 15) is 0 Å². The van der Waals surface area contributed by atoms with E-state index >= 15 is 0 Å². The fraction of sp³-hybridized carbons (Fsp3) is 0.429. The molecule has 0 fully saturated rings. The Hall–Kier alpha value is 4.76. The summed E-state index contributed by atoms with van der Waals surface area (Å²) in [5.74, 6) is 2.45. The Bertz CT molecular complexity index is 2420. The summed E-state index contributed by atoms with van der Waals surface area (Å²) in [6.07, 6.45) is 33.8. The molecule has 8 aliphatic heterocycles. The molecule has 0 spiro atoms. The molecule has 24 heteroatoms.